The number of unbranched alkanes of at least 4 members (excludes halogenated alkanes) is 2. The summed E-state index contributed by atoms with van der Waals surface area (Å²) in [6, 6.07) is -0.164. The molecule has 5 nitrogen and oxygen atoms in total. The molecule has 5 heteroatoms. The van der Waals surface area contributed by atoms with E-state index in [0.717, 1.165) is 19.3 Å². The molecule has 0 rings (SSSR count). The fraction of sp³-hybridized carbons (Fsp3) is 0.833. The van der Waals surface area contributed by atoms with E-state index >= 15 is 0 Å². The number of carbonyl (C=O) groups is 2. The molecule has 1 unspecified atom stereocenters. The molecule has 0 aliphatic rings. The molecule has 0 saturated heterocycles. The van der Waals surface area contributed by atoms with Crippen LogP contribution in [0.3, 0.4) is 0 Å². The maximum absolute atomic E-state index is 11.3. The molecule has 17 heavy (non-hydrogen) atoms. The smallest absolute Gasteiger partial charge is 0.314 e. The number of hydrogen-bond acceptors (Lipinski definition) is 2. The third-order valence-corrected chi connectivity index (χ3v) is 2.53. The Balaban J connectivity index is 3.45. The molecule has 0 heterocycles. The molecular formula is C12H24N2O3. The van der Waals surface area contributed by atoms with Gasteiger partial charge in [0.05, 0.1) is 0 Å². The fourth-order valence-electron chi connectivity index (χ4n) is 1.38. The van der Waals surface area contributed by atoms with Crippen LogP contribution in [-0.2, 0) is 4.79 Å². The van der Waals surface area contributed by atoms with Crippen molar-refractivity contribution in [3.63, 3.8) is 0 Å². The highest BCUT2D eigenvalue weighted by molar-refractivity contribution is 5.73. The minimum Gasteiger partial charge on any atom is -0.481 e. The maximum atomic E-state index is 11.3. The van der Waals surface area contributed by atoms with Gasteiger partial charge in [0.25, 0.3) is 0 Å². The summed E-state index contributed by atoms with van der Waals surface area (Å²) in [6.07, 6.45) is 4.00. The van der Waals surface area contributed by atoms with E-state index in [1.54, 1.807) is 0 Å². The molecular weight excluding hydrogens is 220 g/mol. The summed E-state index contributed by atoms with van der Waals surface area (Å²) in [5, 5.41) is 14.0. The first-order chi connectivity index (χ1) is 8.06. The molecule has 0 aliphatic heterocycles. The number of aliphatic carboxylic acids is 1. The number of amides is 2. The lowest BCUT2D eigenvalue weighted by molar-refractivity contribution is -0.137. The summed E-state index contributed by atoms with van der Waals surface area (Å²) in [4.78, 5) is 21.7. The molecule has 0 fully saturated rings. The molecule has 0 spiro atoms. The zero-order valence-corrected chi connectivity index (χ0v) is 10.8. The van der Waals surface area contributed by atoms with Gasteiger partial charge >= 0.3 is 12.0 Å². The zero-order chi connectivity index (χ0) is 13.1. The molecule has 0 saturated carbocycles. The highest BCUT2D eigenvalue weighted by Gasteiger charge is 2.07. The van der Waals surface area contributed by atoms with Gasteiger partial charge in [0.1, 0.15) is 0 Å². The average molecular weight is 244 g/mol. The van der Waals surface area contributed by atoms with E-state index < -0.39 is 5.97 Å². The van der Waals surface area contributed by atoms with Crippen molar-refractivity contribution in [3.8, 4) is 0 Å². The van der Waals surface area contributed by atoms with Gasteiger partial charge in [-0.2, -0.15) is 0 Å². The lowest BCUT2D eigenvalue weighted by atomic mass is 10.1. The SMILES string of the molecule is CCCCCNC(=O)NCC(C)CCC(=O)O. The number of carboxylic acids is 1. The standard InChI is InChI=1S/C12H24N2O3/c1-3-4-5-8-13-12(17)14-9-10(2)6-7-11(15)16/h10H,3-9H2,1-2H3,(H,15,16)(H2,13,14,17). The normalized spacial score (nSPS) is 11.9. The highest BCUT2D eigenvalue weighted by atomic mass is 16.4. The van der Waals surface area contributed by atoms with Crippen LogP contribution in [0.2, 0.25) is 0 Å². The van der Waals surface area contributed by atoms with Gasteiger partial charge in [0.15, 0.2) is 0 Å². The molecule has 0 aliphatic carbocycles. The summed E-state index contributed by atoms with van der Waals surface area (Å²) >= 11 is 0. The first-order valence-corrected chi connectivity index (χ1v) is 6.29. The number of carboxylic acid groups (broad SMARTS) is 1. The molecule has 0 aromatic heterocycles. The van der Waals surface area contributed by atoms with E-state index in [4.69, 9.17) is 5.11 Å². The minimum absolute atomic E-state index is 0.154. The Hall–Kier alpha value is -1.26. The van der Waals surface area contributed by atoms with Crippen molar-refractivity contribution in [1.29, 1.82) is 0 Å². The van der Waals surface area contributed by atoms with Gasteiger partial charge in [0, 0.05) is 19.5 Å². The maximum Gasteiger partial charge on any atom is 0.314 e. The second-order valence-corrected chi connectivity index (χ2v) is 4.38. The Bertz CT molecular complexity index is 232. The van der Waals surface area contributed by atoms with Crippen LogP contribution in [0.25, 0.3) is 0 Å². The van der Waals surface area contributed by atoms with Gasteiger partial charge in [-0.1, -0.05) is 26.7 Å². The van der Waals surface area contributed by atoms with Gasteiger partial charge in [-0.3, -0.25) is 4.79 Å². The van der Waals surface area contributed by atoms with Crippen molar-refractivity contribution in [2.75, 3.05) is 13.1 Å². The minimum atomic E-state index is -0.791. The van der Waals surface area contributed by atoms with Crippen LogP contribution >= 0.6 is 0 Å². The molecule has 0 bridgehead atoms. The third kappa shape index (κ3) is 11.0. The summed E-state index contributed by atoms with van der Waals surface area (Å²) in [5.74, 6) is -0.603. The summed E-state index contributed by atoms with van der Waals surface area (Å²) in [6.45, 7) is 5.26. The van der Waals surface area contributed by atoms with E-state index in [1.807, 2.05) is 6.92 Å². The topological polar surface area (TPSA) is 78.4 Å². The van der Waals surface area contributed by atoms with Crippen LogP contribution in [0.1, 0.15) is 46.0 Å². The summed E-state index contributed by atoms with van der Waals surface area (Å²) in [7, 11) is 0. The lowest BCUT2D eigenvalue weighted by Gasteiger charge is -2.12. The van der Waals surface area contributed by atoms with Crippen molar-refractivity contribution < 1.29 is 14.7 Å². The molecule has 100 valence electrons. The van der Waals surface area contributed by atoms with E-state index in [0.29, 0.717) is 19.5 Å². The first-order valence-electron chi connectivity index (χ1n) is 6.29. The predicted molar refractivity (Wildman–Crippen MR) is 67.0 cm³/mol. The van der Waals surface area contributed by atoms with Crippen LogP contribution in [0, 0.1) is 5.92 Å². The number of rotatable bonds is 9. The van der Waals surface area contributed by atoms with Crippen molar-refractivity contribution >= 4 is 12.0 Å². The summed E-state index contributed by atoms with van der Waals surface area (Å²) in [5.41, 5.74) is 0. The predicted octanol–water partition coefficient (Wildman–Crippen LogP) is 1.98. The lowest BCUT2D eigenvalue weighted by Crippen LogP contribution is -2.38. The first kappa shape index (κ1) is 15.7. The van der Waals surface area contributed by atoms with Crippen molar-refractivity contribution in [3.05, 3.63) is 0 Å². The van der Waals surface area contributed by atoms with Gasteiger partial charge in [0.2, 0.25) is 0 Å². The van der Waals surface area contributed by atoms with Crippen LogP contribution in [-0.4, -0.2) is 30.2 Å². The Labute approximate surface area is 103 Å². The average Bonchev–Trinajstić information content (AvgIpc) is 2.29. The summed E-state index contributed by atoms with van der Waals surface area (Å²) < 4.78 is 0. The van der Waals surface area contributed by atoms with E-state index in [9.17, 15) is 9.59 Å². The zero-order valence-electron chi connectivity index (χ0n) is 10.8. The largest absolute Gasteiger partial charge is 0.481 e. The van der Waals surface area contributed by atoms with Crippen LogP contribution in [0.5, 0.6) is 0 Å². The van der Waals surface area contributed by atoms with Crippen LogP contribution < -0.4 is 10.6 Å². The Morgan fingerprint density at radius 1 is 1.24 bits per heavy atom. The molecule has 0 aromatic carbocycles. The second kappa shape index (κ2) is 9.93. The van der Waals surface area contributed by atoms with E-state index in [-0.39, 0.29) is 18.4 Å². The Morgan fingerprint density at radius 3 is 2.53 bits per heavy atom. The van der Waals surface area contributed by atoms with Crippen LogP contribution in [0.4, 0.5) is 4.79 Å². The van der Waals surface area contributed by atoms with Gasteiger partial charge in [-0.25, -0.2) is 4.79 Å². The number of carbonyl (C=O) groups excluding carboxylic acids is 1. The van der Waals surface area contributed by atoms with Gasteiger partial charge in [-0.05, 0) is 18.8 Å². The number of nitrogens with one attached hydrogen (secondary N) is 2. The monoisotopic (exact) mass is 244 g/mol. The van der Waals surface area contributed by atoms with Crippen molar-refractivity contribution in [2.24, 2.45) is 5.92 Å². The van der Waals surface area contributed by atoms with E-state index in [2.05, 4.69) is 17.6 Å². The Kier molecular flexibility index (Phi) is 9.19. The fourth-order valence-corrected chi connectivity index (χ4v) is 1.38. The number of urea groups is 1. The van der Waals surface area contributed by atoms with Crippen molar-refractivity contribution in [2.45, 2.75) is 46.0 Å². The van der Waals surface area contributed by atoms with Gasteiger partial charge < -0.3 is 15.7 Å². The molecule has 1 atom stereocenters. The van der Waals surface area contributed by atoms with E-state index in [1.165, 1.54) is 0 Å². The number of hydrogen-bond donors (Lipinski definition) is 3. The second-order valence-electron chi connectivity index (χ2n) is 4.38. The molecule has 3 N–H and O–H groups in total. The molecule has 2 amide bonds. The van der Waals surface area contributed by atoms with Crippen LogP contribution in [0.15, 0.2) is 0 Å². The molecule has 0 radical (unpaired) electrons. The highest BCUT2D eigenvalue weighted by Crippen LogP contribution is 2.03. The quantitative estimate of drug-likeness (QED) is 0.543. The van der Waals surface area contributed by atoms with Crippen molar-refractivity contribution in [1.82, 2.24) is 10.6 Å². The third-order valence-electron chi connectivity index (χ3n) is 2.53. The van der Waals surface area contributed by atoms with Gasteiger partial charge in [-0.15, -0.1) is 0 Å². The molecule has 0 aromatic rings. The Morgan fingerprint density at radius 2 is 1.94 bits per heavy atom.